The van der Waals surface area contributed by atoms with Gasteiger partial charge in [-0.2, -0.15) is 0 Å². The average molecular weight is 724 g/mol. The Kier molecular flexibility index (Phi) is 11.4. The summed E-state index contributed by atoms with van der Waals surface area (Å²) < 4.78 is 17.2. The summed E-state index contributed by atoms with van der Waals surface area (Å²) in [5, 5.41) is 15.7. The molecule has 0 aromatic heterocycles. The van der Waals surface area contributed by atoms with E-state index >= 15 is 0 Å². The van der Waals surface area contributed by atoms with Crippen LogP contribution in [0.2, 0.25) is 0 Å². The summed E-state index contributed by atoms with van der Waals surface area (Å²) in [7, 11) is 0. The first-order valence-electron chi connectivity index (χ1n) is 18.7. The zero-order valence-electron chi connectivity index (χ0n) is 30.5. The van der Waals surface area contributed by atoms with Crippen molar-refractivity contribution in [2.75, 3.05) is 45.9 Å². The molecule has 1 aromatic carbocycles. The third kappa shape index (κ3) is 8.71. The Morgan fingerprint density at radius 1 is 1.08 bits per heavy atom. The van der Waals surface area contributed by atoms with Crippen LogP contribution < -0.4 is 10.6 Å². The number of carbonyl (C=O) groups is 5. The molecule has 4 aliphatic heterocycles. The highest BCUT2D eigenvalue weighted by molar-refractivity contribution is 5.96. The molecule has 5 aliphatic rings. The molecule has 4 heterocycles. The quantitative estimate of drug-likeness (QED) is 0.384. The fourth-order valence-corrected chi connectivity index (χ4v) is 7.90. The van der Waals surface area contributed by atoms with Crippen LogP contribution in [0.25, 0.3) is 0 Å². The van der Waals surface area contributed by atoms with Crippen molar-refractivity contribution in [2.45, 2.75) is 108 Å². The number of rotatable bonds is 5. The average Bonchev–Trinajstić information content (AvgIpc) is 3.64. The van der Waals surface area contributed by atoms with Crippen molar-refractivity contribution in [3.05, 3.63) is 47.5 Å². The second-order valence-corrected chi connectivity index (χ2v) is 15.7. The summed E-state index contributed by atoms with van der Waals surface area (Å²) in [4.78, 5) is 73.2. The van der Waals surface area contributed by atoms with E-state index in [2.05, 4.69) is 21.6 Å². The second kappa shape index (κ2) is 15.8. The van der Waals surface area contributed by atoms with Crippen molar-refractivity contribution in [1.29, 1.82) is 0 Å². The van der Waals surface area contributed by atoms with E-state index in [1.54, 1.807) is 25.7 Å². The number of alkyl carbamates (subject to hydrolysis) is 1. The van der Waals surface area contributed by atoms with Crippen molar-refractivity contribution >= 4 is 30.0 Å². The van der Waals surface area contributed by atoms with Crippen molar-refractivity contribution in [2.24, 2.45) is 5.92 Å². The highest BCUT2D eigenvalue weighted by Gasteiger charge is 2.61. The lowest BCUT2D eigenvalue weighted by atomic mass is 9.92. The molecule has 1 aromatic rings. The number of amides is 4. The summed E-state index contributed by atoms with van der Waals surface area (Å²) in [5.74, 6) is -2.65. The van der Waals surface area contributed by atoms with Gasteiger partial charge in [0, 0.05) is 38.5 Å². The predicted octanol–water partition coefficient (Wildman–Crippen LogP) is 3.40. The monoisotopic (exact) mass is 723 g/mol. The molecule has 6 atom stereocenters. The number of aliphatic carboxylic acids is 1. The van der Waals surface area contributed by atoms with E-state index in [0.29, 0.717) is 45.6 Å². The Labute approximate surface area is 305 Å². The highest BCUT2D eigenvalue weighted by Crippen LogP contribution is 2.45. The summed E-state index contributed by atoms with van der Waals surface area (Å²) in [6, 6.07) is 5.72. The van der Waals surface area contributed by atoms with Crippen LogP contribution >= 0.6 is 0 Å². The van der Waals surface area contributed by atoms with E-state index in [4.69, 9.17) is 14.2 Å². The molecule has 284 valence electrons. The van der Waals surface area contributed by atoms with Gasteiger partial charge in [0.25, 0.3) is 0 Å². The molecule has 14 heteroatoms. The maximum atomic E-state index is 14.3. The van der Waals surface area contributed by atoms with E-state index < -0.39 is 59.3 Å². The van der Waals surface area contributed by atoms with Crippen LogP contribution in [0.1, 0.15) is 82.9 Å². The number of nitrogens with zero attached hydrogens (tertiary/aromatic N) is 3. The maximum absolute atomic E-state index is 14.3. The second-order valence-electron chi connectivity index (χ2n) is 15.7. The van der Waals surface area contributed by atoms with Crippen LogP contribution in [0.5, 0.6) is 0 Å². The Balaban J connectivity index is 1.24. The van der Waals surface area contributed by atoms with Gasteiger partial charge in [0.15, 0.2) is 0 Å². The number of nitrogens with one attached hydrogen (secondary N) is 2. The van der Waals surface area contributed by atoms with Gasteiger partial charge in [-0.15, -0.1) is 0 Å². The highest BCUT2D eigenvalue weighted by atomic mass is 16.6. The molecule has 0 radical (unpaired) electrons. The normalized spacial score (nSPS) is 30.7. The van der Waals surface area contributed by atoms with Gasteiger partial charge in [0.2, 0.25) is 11.8 Å². The van der Waals surface area contributed by atoms with Crippen molar-refractivity contribution < 1.29 is 43.3 Å². The molecule has 1 saturated carbocycles. The minimum Gasteiger partial charge on any atom is -0.479 e. The molecule has 3 fully saturated rings. The van der Waals surface area contributed by atoms with Crippen molar-refractivity contribution in [1.82, 2.24) is 25.3 Å². The van der Waals surface area contributed by atoms with Crippen LogP contribution in [0.15, 0.2) is 36.4 Å². The van der Waals surface area contributed by atoms with E-state index in [1.807, 2.05) is 30.4 Å². The molecule has 14 nitrogen and oxygen atoms in total. The number of carboxylic acids is 1. The van der Waals surface area contributed by atoms with Crippen LogP contribution in [-0.2, 0) is 35.0 Å². The molecule has 4 amide bonds. The predicted molar refractivity (Wildman–Crippen MR) is 189 cm³/mol. The van der Waals surface area contributed by atoms with Crippen LogP contribution in [-0.4, -0.2) is 125 Å². The topological polar surface area (TPSA) is 167 Å². The maximum Gasteiger partial charge on any atom is 0.410 e. The third-order valence-corrected chi connectivity index (χ3v) is 10.8. The Hall–Kier alpha value is -4.17. The van der Waals surface area contributed by atoms with E-state index in [-0.39, 0.29) is 31.3 Å². The van der Waals surface area contributed by atoms with Gasteiger partial charge in [-0.1, -0.05) is 49.3 Å². The molecular weight excluding hydrogens is 670 g/mol. The van der Waals surface area contributed by atoms with Gasteiger partial charge < -0.3 is 34.9 Å². The van der Waals surface area contributed by atoms with Gasteiger partial charge in [-0.25, -0.2) is 14.4 Å². The van der Waals surface area contributed by atoms with Gasteiger partial charge in [-0.3, -0.25) is 19.4 Å². The molecule has 1 unspecified atom stereocenters. The molecule has 3 N–H and O–H groups in total. The Morgan fingerprint density at radius 3 is 2.60 bits per heavy atom. The summed E-state index contributed by atoms with van der Waals surface area (Å²) in [6.45, 7) is 8.92. The molecule has 0 bridgehead atoms. The fourth-order valence-electron chi connectivity index (χ4n) is 7.90. The molecular formula is C38H53N5O9. The summed E-state index contributed by atoms with van der Waals surface area (Å²) in [5.41, 5.74) is -0.0223. The van der Waals surface area contributed by atoms with Gasteiger partial charge in [-0.05, 0) is 64.0 Å². The number of benzene rings is 1. The van der Waals surface area contributed by atoms with Gasteiger partial charge in [0.05, 0.1) is 25.8 Å². The minimum absolute atomic E-state index is 0.0166. The largest absolute Gasteiger partial charge is 0.479 e. The lowest BCUT2D eigenvalue weighted by Gasteiger charge is -2.40. The lowest BCUT2D eigenvalue weighted by molar-refractivity contribution is -0.145. The van der Waals surface area contributed by atoms with Crippen LogP contribution in [0.3, 0.4) is 0 Å². The zero-order chi connectivity index (χ0) is 37.0. The Bertz CT molecular complexity index is 1540. The summed E-state index contributed by atoms with van der Waals surface area (Å²) >= 11 is 0. The number of morpholine rings is 1. The SMILES string of the molecule is CC(C)(C)OC(=O)N[C@H]1CCCCC/C=C\[C@H]2C[C@@]2(C(=O)O)NC(=O)[C@@H]2C[C@@H](OC(=O)N3CCc4ccccc4C3CN3CCOCC3)CN2C1=O. The number of allylic oxidation sites excluding steroid dienone is 1. The van der Waals surface area contributed by atoms with Crippen molar-refractivity contribution in [3.8, 4) is 0 Å². The number of fused-ring (bicyclic) bond motifs is 3. The number of hydrogen-bond acceptors (Lipinski definition) is 9. The number of carbonyl (C=O) groups excluding carboxylic acids is 4. The molecule has 1 aliphatic carbocycles. The molecule has 6 rings (SSSR count). The number of carboxylic acid groups (broad SMARTS) is 1. The smallest absolute Gasteiger partial charge is 0.410 e. The lowest BCUT2D eigenvalue weighted by Crippen LogP contribution is -2.56. The molecule has 2 saturated heterocycles. The van der Waals surface area contributed by atoms with E-state index in [9.17, 15) is 29.1 Å². The molecule has 0 spiro atoms. The first-order valence-corrected chi connectivity index (χ1v) is 18.7. The zero-order valence-corrected chi connectivity index (χ0v) is 30.5. The van der Waals surface area contributed by atoms with Crippen LogP contribution in [0, 0.1) is 5.92 Å². The van der Waals surface area contributed by atoms with E-state index in [1.165, 1.54) is 10.5 Å². The third-order valence-electron chi connectivity index (χ3n) is 10.8. The minimum atomic E-state index is -1.47. The van der Waals surface area contributed by atoms with Gasteiger partial charge >= 0.3 is 18.2 Å². The molecule has 52 heavy (non-hydrogen) atoms. The van der Waals surface area contributed by atoms with E-state index in [0.717, 1.165) is 37.9 Å². The first-order chi connectivity index (χ1) is 24.8. The summed E-state index contributed by atoms with van der Waals surface area (Å²) in [6.07, 6.45) is 5.84. The number of ether oxygens (including phenoxy) is 3. The van der Waals surface area contributed by atoms with Crippen LogP contribution in [0.4, 0.5) is 9.59 Å². The van der Waals surface area contributed by atoms with Crippen molar-refractivity contribution in [3.63, 3.8) is 0 Å². The van der Waals surface area contributed by atoms with Gasteiger partial charge in [0.1, 0.15) is 29.3 Å². The first kappa shape index (κ1) is 37.6. The standard InChI is InChI=1S/C38H53N5O9/c1-37(2,3)52-35(48)39-29-14-8-6-4-5-7-12-26-22-38(26,34(46)47)40-32(44)30-21-27(23-43(30)33(29)45)51-36(49)42-16-15-25-11-9-10-13-28(25)31(42)24-41-17-19-50-20-18-41/h7,9-13,26-27,29-31H,4-6,8,14-24H2,1-3H3,(H,39,48)(H,40,44)(H,46,47)/b12-7-/t26-,27+,29-,30-,31?,38+/m0/s1. The Morgan fingerprint density at radius 2 is 1.85 bits per heavy atom. The number of hydrogen-bond donors (Lipinski definition) is 3. The fraction of sp³-hybridized carbons (Fsp3) is 0.658.